The van der Waals surface area contributed by atoms with E-state index in [1.54, 1.807) is 18.2 Å². The number of anilines is 1. The molecule has 0 fully saturated rings. The first-order valence-corrected chi connectivity index (χ1v) is 6.65. The summed E-state index contributed by atoms with van der Waals surface area (Å²) in [5.74, 6) is -1.20. The zero-order valence-electron chi connectivity index (χ0n) is 9.95. The number of nitrogens with zero attached hydrogens (tertiary/aromatic N) is 1. The fraction of sp³-hybridized carbons (Fsp3) is 0. The van der Waals surface area contributed by atoms with Gasteiger partial charge in [0.1, 0.15) is 17.4 Å². The Morgan fingerprint density at radius 1 is 1.30 bits per heavy atom. The predicted octanol–water partition coefficient (Wildman–Crippen LogP) is 4.37. The summed E-state index contributed by atoms with van der Waals surface area (Å²) >= 11 is 9.23. The van der Waals surface area contributed by atoms with Gasteiger partial charge in [-0.2, -0.15) is 5.26 Å². The molecule has 0 radical (unpaired) electrons. The molecule has 0 aliphatic carbocycles. The van der Waals surface area contributed by atoms with Gasteiger partial charge in [0.05, 0.1) is 16.3 Å². The van der Waals surface area contributed by atoms with Gasteiger partial charge in [0.25, 0.3) is 5.91 Å². The number of carbonyl (C=O) groups excluding carboxylic acids is 1. The van der Waals surface area contributed by atoms with Crippen molar-refractivity contribution in [1.82, 2.24) is 0 Å². The molecule has 0 aliphatic rings. The highest BCUT2D eigenvalue weighted by atomic mass is 79.9. The molecule has 0 aromatic heterocycles. The summed E-state index contributed by atoms with van der Waals surface area (Å²) in [4.78, 5) is 12.1. The molecular weight excluding hydrogens is 347 g/mol. The Labute approximate surface area is 128 Å². The Morgan fingerprint density at radius 3 is 2.70 bits per heavy atom. The average molecular weight is 354 g/mol. The molecule has 2 aromatic carbocycles. The minimum atomic E-state index is -0.689. The molecule has 6 heteroatoms. The number of hydrogen-bond donors (Lipinski definition) is 1. The number of nitrogens with one attached hydrogen (secondary N) is 1. The zero-order chi connectivity index (χ0) is 14.7. The maximum Gasteiger partial charge on any atom is 0.257 e. The van der Waals surface area contributed by atoms with E-state index in [9.17, 15) is 9.18 Å². The van der Waals surface area contributed by atoms with E-state index in [0.29, 0.717) is 4.47 Å². The molecule has 0 saturated heterocycles. The van der Waals surface area contributed by atoms with Crippen LogP contribution >= 0.6 is 27.5 Å². The Balaban J connectivity index is 2.36. The average Bonchev–Trinajstić information content (AvgIpc) is 2.42. The van der Waals surface area contributed by atoms with E-state index < -0.39 is 11.7 Å². The Hall–Kier alpha value is -1.90. The van der Waals surface area contributed by atoms with Crippen molar-refractivity contribution in [2.45, 2.75) is 0 Å². The highest BCUT2D eigenvalue weighted by molar-refractivity contribution is 9.10. The fourth-order valence-electron chi connectivity index (χ4n) is 1.61. The highest BCUT2D eigenvalue weighted by Crippen LogP contribution is 2.27. The summed E-state index contributed by atoms with van der Waals surface area (Å²) < 4.78 is 14.0. The molecule has 20 heavy (non-hydrogen) atoms. The standard InChI is InChI=1S/C14H7BrClFN2O/c15-10-4-1-3-8(13(10)16)14(20)19-12-6-2-5-11(17)9(12)7-18/h1-6H,(H,19,20). The SMILES string of the molecule is N#Cc1c(F)cccc1NC(=O)c1cccc(Br)c1Cl. The maximum absolute atomic E-state index is 13.4. The molecule has 0 heterocycles. The third kappa shape index (κ3) is 2.82. The Morgan fingerprint density at radius 2 is 2.00 bits per heavy atom. The lowest BCUT2D eigenvalue weighted by Crippen LogP contribution is -2.14. The van der Waals surface area contributed by atoms with Crippen LogP contribution in [0, 0.1) is 17.1 Å². The van der Waals surface area contributed by atoms with E-state index in [1.807, 2.05) is 0 Å². The van der Waals surface area contributed by atoms with Crippen LogP contribution in [0.3, 0.4) is 0 Å². The van der Waals surface area contributed by atoms with E-state index in [2.05, 4.69) is 21.2 Å². The minimum absolute atomic E-state index is 0.105. The molecule has 0 unspecified atom stereocenters. The van der Waals surface area contributed by atoms with Crippen molar-refractivity contribution in [1.29, 1.82) is 5.26 Å². The van der Waals surface area contributed by atoms with Crippen molar-refractivity contribution in [2.75, 3.05) is 5.32 Å². The maximum atomic E-state index is 13.4. The molecule has 2 aromatic rings. The summed E-state index contributed by atoms with van der Waals surface area (Å²) in [5.41, 5.74) is 0.120. The quantitative estimate of drug-likeness (QED) is 0.872. The van der Waals surface area contributed by atoms with E-state index in [0.717, 1.165) is 6.07 Å². The number of amides is 1. The molecule has 0 spiro atoms. The predicted molar refractivity (Wildman–Crippen MR) is 78.2 cm³/mol. The van der Waals surface area contributed by atoms with Crippen LogP contribution in [-0.2, 0) is 0 Å². The van der Waals surface area contributed by atoms with Crippen molar-refractivity contribution in [3.05, 3.63) is 62.8 Å². The van der Waals surface area contributed by atoms with Gasteiger partial charge < -0.3 is 5.32 Å². The molecule has 100 valence electrons. The lowest BCUT2D eigenvalue weighted by molar-refractivity contribution is 0.102. The second-order valence-corrected chi connectivity index (χ2v) is 5.06. The third-order valence-corrected chi connectivity index (χ3v) is 3.87. The fourth-order valence-corrected chi connectivity index (χ4v) is 2.19. The van der Waals surface area contributed by atoms with Crippen LogP contribution in [0.5, 0.6) is 0 Å². The molecule has 0 atom stereocenters. The largest absolute Gasteiger partial charge is 0.321 e. The van der Waals surface area contributed by atoms with E-state index in [4.69, 9.17) is 16.9 Å². The molecule has 1 amide bonds. The van der Waals surface area contributed by atoms with Gasteiger partial charge >= 0.3 is 0 Å². The van der Waals surface area contributed by atoms with Crippen molar-refractivity contribution >= 4 is 39.1 Å². The summed E-state index contributed by atoms with van der Waals surface area (Å²) in [5, 5.41) is 11.6. The Kier molecular flexibility index (Phi) is 4.38. The number of benzene rings is 2. The zero-order valence-corrected chi connectivity index (χ0v) is 12.3. The first kappa shape index (κ1) is 14.5. The van der Waals surface area contributed by atoms with Crippen LogP contribution in [0.2, 0.25) is 5.02 Å². The van der Waals surface area contributed by atoms with Gasteiger partial charge in [-0.15, -0.1) is 0 Å². The van der Waals surface area contributed by atoms with E-state index in [1.165, 1.54) is 18.2 Å². The third-order valence-electron chi connectivity index (χ3n) is 2.57. The van der Waals surface area contributed by atoms with E-state index >= 15 is 0 Å². The molecule has 0 bridgehead atoms. The number of rotatable bonds is 2. The van der Waals surface area contributed by atoms with Crippen LogP contribution < -0.4 is 5.32 Å². The molecular formula is C14H7BrClFN2O. The minimum Gasteiger partial charge on any atom is -0.321 e. The van der Waals surface area contributed by atoms with Crippen molar-refractivity contribution in [2.24, 2.45) is 0 Å². The molecule has 3 nitrogen and oxygen atoms in total. The van der Waals surface area contributed by atoms with Gasteiger partial charge in [-0.05, 0) is 40.2 Å². The van der Waals surface area contributed by atoms with Crippen LogP contribution in [0.15, 0.2) is 40.9 Å². The molecule has 1 N–H and O–H groups in total. The monoisotopic (exact) mass is 352 g/mol. The topological polar surface area (TPSA) is 52.9 Å². The second-order valence-electron chi connectivity index (χ2n) is 3.83. The van der Waals surface area contributed by atoms with Crippen LogP contribution in [-0.4, -0.2) is 5.91 Å². The van der Waals surface area contributed by atoms with Crippen LogP contribution in [0.4, 0.5) is 10.1 Å². The first-order valence-electron chi connectivity index (χ1n) is 5.48. The van der Waals surface area contributed by atoms with Crippen molar-refractivity contribution < 1.29 is 9.18 Å². The van der Waals surface area contributed by atoms with Crippen LogP contribution in [0.25, 0.3) is 0 Å². The van der Waals surface area contributed by atoms with E-state index in [-0.39, 0.29) is 21.8 Å². The van der Waals surface area contributed by atoms with Gasteiger partial charge in [-0.1, -0.05) is 23.7 Å². The summed E-state index contributed by atoms with van der Waals surface area (Å²) in [6.45, 7) is 0. The number of nitriles is 1. The smallest absolute Gasteiger partial charge is 0.257 e. The van der Waals surface area contributed by atoms with Gasteiger partial charge in [0.2, 0.25) is 0 Å². The lowest BCUT2D eigenvalue weighted by Gasteiger charge is -2.09. The highest BCUT2D eigenvalue weighted by Gasteiger charge is 2.15. The van der Waals surface area contributed by atoms with Gasteiger partial charge in [0, 0.05) is 4.47 Å². The normalized spacial score (nSPS) is 9.90. The lowest BCUT2D eigenvalue weighted by atomic mass is 10.1. The molecule has 2 rings (SSSR count). The van der Waals surface area contributed by atoms with Gasteiger partial charge in [-0.25, -0.2) is 4.39 Å². The molecule has 0 aliphatic heterocycles. The number of halogens is 3. The van der Waals surface area contributed by atoms with Crippen molar-refractivity contribution in [3.63, 3.8) is 0 Å². The van der Waals surface area contributed by atoms with Gasteiger partial charge in [0.15, 0.2) is 0 Å². The summed E-state index contributed by atoms with van der Waals surface area (Å²) in [6, 6.07) is 10.6. The van der Waals surface area contributed by atoms with Crippen molar-refractivity contribution in [3.8, 4) is 6.07 Å². The first-order chi connectivity index (χ1) is 9.54. The second kappa shape index (κ2) is 6.04. The summed E-state index contributed by atoms with van der Waals surface area (Å²) in [6.07, 6.45) is 0. The number of carbonyl (C=O) groups is 1. The van der Waals surface area contributed by atoms with Crippen LogP contribution in [0.1, 0.15) is 15.9 Å². The van der Waals surface area contributed by atoms with Gasteiger partial charge in [-0.3, -0.25) is 4.79 Å². The number of hydrogen-bond acceptors (Lipinski definition) is 2. The molecule has 0 saturated carbocycles. The Bertz CT molecular complexity index is 728. The summed E-state index contributed by atoms with van der Waals surface area (Å²) in [7, 11) is 0.